The molecule has 0 aromatic carbocycles. The summed E-state index contributed by atoms with van der Waals surface area (Å²) in [6.07, 6.45) is -2.54. The van der Waals surface area contributed by atoms with Crippen LogP contribution < -0.4 is 10.6 Å². The van der Waals surface area contributed by atoms with Crippen molar-refractivity contribution in [1.29, 1.82) is 0 Å². The van der Waals surface area contributed by atoms with E-state index in [4.69, 9.17) is 0 Å². The van der Waals surface area contributed by atoms with Crippen LogP contribution in [0, 0.1) is 0 Å². The zero-order valence-corrected chi connectivity index (χ0v) is 14.4. The summed E-state index contributed by atoms with van der Waals surface area (Å²) in [5, 5.41) is 5.19. The number of nitrogens with zero attached hydrogens (tertiary/aromatic N) is 3. The molecular weight excluding hydrogens is 385 g/mol. The molecule has 2 N–H and O–H groups in total. The van der Waals surface area contributed by atoms with Crippen LogP contribution in [0.15, 0.2) is 30.7 Å². The Bertz CT molecular complexity index is 845. The van der Waals surface area contributed by atoms with Crippen LogP contribution in [0.4, 0.5) is 22.0 Å². The van der Waals surface area contributed by atoms with E-state index in [2.05, 4.69) is 25.6 Å². The number of hydrogen-bond acceptors (Lipinski definition) is 5. The molecule has 1 aliphatic rings. The largest absolute Gasteiger partial charge is 0.433 e. The van der Waals surface area contributed by atoms with Crippen LogP contribution in [0.25, 0.3) is 11.3 Å². The number of nitrogens with one attached hydrogen (secondary N) is 2. The highest BCUT2D eigenvalue weighted by Gasteiger charge is 2.42. The molecule has 3 rings (SSSR count). The van der Waals surface area contributed by atoms with E-state index < -0.39 is 36.2 Å². The maximum Gasteiger partial charge on any atom is 0.433 e. The quantitative estimate of drug-likeness (QED) is 0.752. The number of carbonyl (C=O) groups is 1. The number of pyridine rings is 1. The molecule has 28 heavy (non-hydrogen) atoms. The molecular formula is C17H16F5N5O. The average Bonchev–Trinajstić information content (AvgIpc) is 3.09. The van der Waals surface area contributed by atoms with Crippen molar-refractivity contribution in [2.45, 2.75) is 30.9 Å². The number of hydrogen-bond donors (Lipinski definition) is 2. The summed E-state index contributed by atoms with van der Waals surface area (Å²) in [5.41, 5.74) is -1.97. The number of carbonyl (C=O) groups excluding carboxylic acids is 1. The zero-order valence-electron chi connectivity index (χ0n) is 14.4. The molecule has 0 spiro atoms. The molecule has 0 radical (unpaired) electrons. The zero-order chi connectivity index (χ0) is 20.4. The normalized spacial score (nSPS) is 22.2. The molecule has 0 aliphatic carbocycles. The first kappa shape index (κ1) is 20.1. The molecule has 3 heterocycles. The smallest absolute Gasteiger partial charge is 0.349 e. The summed E-state index contributed by atoms with van der Waals surface area (Å²) in [7, 11) is 0. The SMILES string of the molecule is O=C(NCc1cc(-c2ccc(C(F)(F)F)nc2)ncn1)C1CC(F)(CF)CN1. The van der Waals surface area contributed by atoms with Gasteiger partial charge >= 0.3 is 6.18 Å². The van der Waals surface area contributed by atoms with Crippen molar-refractivity contribution >= 4 is 5.91 Å². The minimum atomic E-state index is -4.53. The Morgan fingerprint density at radius 1 is 1.29 bits per heavy atom. The Kier molecular flexibility index (Phi) is 5.54. The van der Waals surface area contributed by atoms with E-state index in [1.54, 1.807) is 0 Å². The van der Waals surface area contributed by atoms with Gasteiger partial charge in [-0.05, 0) is 18.2 Å². The van der Waals surface area contributed by atoms with E-state index in [9.17, 15) is 26.7 Å². The van der Waals surface area contributed by atoms with Gasteiger partial charge in [-0.3, -0.25) is 9.78 Å². The van der Waals surface area contributed by atoms with Gasteiger partial charge in [0.25, 0.3) is 0 Å². The molecule has 11 heteroatoms. The second-order valence-corrected chi connectivity index (χ2v) is 6.46. The third-order valence-corrected chi connectivity index (χ3v) is 4.31. The summed E-state index contributed by atoms with van der Waals surface area (Å²) in [6.45, 7) is -1.41. The van der Waals surface area contributed by atoms with E-state index in [-0.39, 0.29) is 19.5 Å². The highest BCUT2D eigenvalue weighted by molar-refractivity contribution is 5.82. The van der Waals surface area contributed by atoms with Crippen molar-refractivity contribution in [3.63, 3.8) is 0 Å². The third kappa shape index (κ3) is 4.58. The number of halogens is 5. The van der Waals surface area contributed by atoms with Crippen LogP contribution in [0.3, 0.4) is 0 Å². The second kappa shape index (κ2) is 7.74. The maximum atomic E-state index is 13.8. The van der Waals surface area contributed by atoms with Crippen molar-refractivity contribution < 1.29 is 26.7 Å². The van der Waals surface area contributed by atoms with Crippen LogP contribution in [-0.2, 0) is 17.5 Å². The number of aromatic nitrogens is 3. The van der Waals surface area contributed by atoms with E-state index in [0.29, 0.717) is 17.0 Å². The molecule has 2 atom stereocenters. The van der Waals surface area contributed by atoms with Gasteiger partial charge in [0.1, 0.15) is 18.7 Å². The van der Waals surface area contributed by atoms with Gasteiger partial charge in [0.05, 0.1) is 24.0 Å². The summed E-state index contributed by atoms with van der Waals surface area (Å²) in [6, 6.07) is 2.73. The molecule has 1 amide bonds. The van der Waals surface area contributed by atoms with Gasteiger partial charge < -0.3 is 10.6 Å². The van der Waals surface area contributed by atoms with Crippen molar-refractivity contribution in [1.82, 2.24) is 25.6 Å². The number of amides is 1. The monoisotopic (exact) mass is 401 g/mol. The average molecular weight is 401 g/mol. The molecule has 2 aromatic heterocycles. The predicted molar refractivity (Wildman–Crippen MR) is 88.3 cm³/mol. The molecule has 150 valence electrons. The summed E-state index contributed by atoms with van der Waals surface area (Å²) in [5.74, 6) is -0.496. The predicted octanol–water partition coefficient (Wildman–Crippen LogP) is 2.21. The Hall–Kier alpha value is -2.69. The molecule has 6 nitrogen and oxygen atoms in total. The standard InChI is InChI=1S/C17H16F5N5O/c18-7-16(19)4-13(25-8-16)15(28)24-6-11-3-12(27-9-26-11)10-1-2-14(23-5-10)17(20,21)22/h1-3,5,9,13,25H,4,6-8H2,(H,24,28). The van der Waals surface area contributed by atoms with Crippen LogP contribution in [-0.4, -0.2) is 45.8 Å². The molecule has 0 saturated carbocycles. The van der Waals surface area contributed by atoms with Gasteiger partial charge in [-0.2, -0.15) is 13.2 Å². The van der Waals surface area contributed by atoms with Gasteiger partial charge in [0.15, 0.2) is 5.67 Å². The number of rotatable bonds is 5. The minimum Gasteiger partial charge on any atom is -0.349 e. The van der Waals surface area contributed by atoms with Gasteiger partial charge in [0.2, 0.25) is 5.91 Å². The lowest BCUT2D eigenvalue weighted by Gasteiger charge is -2.13. The maximum absolute atomic E-state index is 13.8. The first-order valence-corrected chi connectivity index (χ1v) is 8.31. The molecule has 1 saturated heterocycles. The van der Waals surface area contributed by atoms with Gasteiger partial charge in [-0.25, -0.2) is 18.7 Å². The summed E-state index contributed by atoms with van der Waals surface area (Å²) >= 11 is 0. The van der Waals surface area contributed by atoms with Crippen molar-refractivity contribution in [2.24, 2.45) is 0 Å². The molecule has 1 aliphatic heterocycles. The fourth-order valence-electron chi connectivity index (χ4n) is 2.77. The lowest BCUT2D eigenvalue weighted by Crippen LogP contribution is -2.40. The highest BCUT2D eigenvalue weighted by Crippen LogP contribution is 2.28. The second-order valence-electron chi connectivity index (χ2n) is 6.46. The van der Waals surface area contributed by atoms with Crippen molar-refractivity contribution in [2.75, 3.05) is 13.2 Å². The highest BCUT2D eigenvalue weighted by atomic mass is 19.4. The number of alkyl halides is 5. The lowest BCUT2D eigenvalue weighted by molar-refractivity contribution is -0.141. The van der Waals surface area contributed by atoms with E-state index in [1.165, 1.54) is 18.5 Å². The lowest BCUT2D eigenvalue weighted by atomic mass is 10.0. The topological polar surface area (TPSA) is 79.8 Å². The van der Waals surface area contributed by atoms with E-state index >= 15 is 0 Å². The Morgan fingerprint density at radius 3 is 2.68 bits per heavy atom. The van der Waals surface area contributed by atoms with Crippen LogP contribution in [0.2, 0.25) is 0 Å². The third-order valence-electron chi connectivity index (χ3n) is 4.31. The van der Waals surface area contributed by atoms with Crippen LogP contribution >= 0.6 is 0 Å². The molecule has 1 fully saturated rings. The Morgan fingerprint density at radius 2 is 2.07 bits per heavy atom. The fourth-order valence-corrected chi connectivity index (χ4v) is 2.77. The first-order chi connectivity index (χ1) is 13.2. The molecule has 0 bridgehead atoms. The van der Waals surface area contributed by atoms with Crippen LogP contribution in [0.5, 0.6) is 0 Å². The van der Waals surface area contributed by atoms with Gasteiger partial charge in [-0.1, -0.05) is 0 Å². The van der Waals surface area contributed by atoms with E-state index in [0.717, 1.165) is 12.3 Å². The van der Waals surface area contributed by atoms with Gasteiger partial charge in [0, 0.05) is 24.7 Å². The van der Waals surface area contributed by atoms with Crippen molar-refractivity contribution in [3.05, 3.63) is 42.1 Å². The summed E-state index contributed by atoms with van der Waals surface area (Å²) < 4.78 is 64.2. The van der Waals surface area contributed by atoms with Crippen molar-refractivity contribution in [3.8, 4) is 11.3 Å². The Balaban J connectivity index is 1.63. The van der Waals surface area contributed by atoms with Crippen LogP contribution in [0.1, 0.15) is 17.8 Å². The fraction of sp³-hybridized carbons (Fsp3) is 0.412. The molecule has 2 unspecified atom stereocenters. The Labute approximate surface area is 156 Å². The molecule has 2 aromatic rings. The van der Waals surface area contributed by atoms with Gasteiger partial charge in [-0.15, -0.1) is 0 Å². The minimum absolute atomic E-state index is 0.00446. The first-order valence-electron chi connectivity index (χ1n) is 8.31. The van der Waals surface area contributed by atoms with E-state index in [1.807, 2.05) is 0 Å². The summed E-state index contributed by atoms with van der Waals surface area (Å²) in [4.78, 5) is 23.4.